The fourth-order valence-corrected chi connectivity index (χ4v) is 1.78. The van der Waals surface area contributed by atoms with Gasteiger partial charge in [0.25, 0.3) is 0 Å². The molecule has 0 saturated heterocycles. The van der Waals surface area contributed by atoms with Crippen LogP contribution in [0.5, 0.6) is 0 Å². The fraction of sp³-hybridized carbons (Fsp3) is 0.875. The largest absolute Gasteiger partial charge is 0.394 e. The molecule has 16 heavy (non-hydrogen) atoms. The van der Waals surface area contributed by atoms with Crippen LogP contribution in [0.1, 0.15) is 0 Å². The highest BCUT2D eigenvalue weighted by Crippen LogP contribution is 2.10. The molecule has 0 aliphatic carbocycles. The van der Waals surface area contributed by atoms with Crippen molar-refractivity contribution in [1.29, 1.82) is 0 Å². The van der Waals surface area contributed by atoms with Gasteiger partial charge in [0, 0.05) is 0 Å². The average molecular weight is 258 g/mol. The molecule has 0 bridgehead atoms. The molecule has 4 atom stereocenters. The van der Waals surface area contributed by atoms with Crippen molar-refractivity contribution in [3.05, 3.63) is 0 Å². The van der Waals surface area contributed by atoms with Gasteiger partial charge in [-0.25, -0.2) is 0 Å². The molecule has 0 fully saturated rings. The smallest absolute Gasteiger partial charge is 0.226 e. The van der Waals surface area contributed by atoms with Gasteiger partial charge in [-0.1, -0.05) is 9.93 Å². The third-order valence-electron chi connectivity index (χ3n) is 2.04. The van der Waals surface area contributed by atoms with Crippen LogP contribution in [0.25, 0.3) is 0 Å². The van der Waals surface area contributed by atoms with Gasteiger partial charge < -0.3 is 25.5 Å². The molecular formula is C8H18O7S. The zero-order valence-corrected chi connectivity index (χ0v) is 9.91. The summed E-state index contributed by atoms with van der Waals surface area (Å²) in [5.74, 6) is 0. The zero-order chi connectivity index (χ0) is 13.1. The number of rotatable bonds is 5. The standard InChI is InChI=1S/C8H18O7S/c1-16(2,15)8(14)7(13)6(12)5(11)4(10)3-9/h4-7,9-13,16H,3H2,1-2H3/t4-,5-,6+,7-/m1/s1. The molecule has 7 nitrogen and oxygen atoms in total. The Balaban J connectivity index is 4.68. The Morgan fingerprint density at radius 3 is 1.88 bits per heavy atom. The Morgan fingerprint density at radius 2 is 1.56 bits per heavy atom. The third-order valence-corrected chi connectivity index (χ3v) is 3.36. The first-order valence-corrected chi connectivity index (χ1v) is 7.15. The summed E-state index contributed by atoms with van der Waals surface area (Å²) < 4.78 is 11.3. The van der Waals surface area contributed by atoms with Crippen LogP contribution in [-0.4, -0.2) is 78.4 Å². The van der Waals surface area contributed by atoms with E-state index >= 15 is 0 Å². The van der Waals surface area contributed by atoms with Crippen LogP contribution in [0.15, 0.2) is 0 Å². The summed E-state index contributed by atoms with van der Waals surface area (Å²) >= 11 is 0. The van der Waals surface area contributed by atoms with E-state index in [4.69, 9.17) is 10.2 Å². The number of aliphatic hydroxyl groups is 5. The van der Waals surface area contributed by atoms with Crippen LogP contribution < -0.4 is 0 Å². The SMILES string of the molecule is C[SH](C)(=O)C(=O)[C@H](O)[C@@H](O)[C@H](O)[C@H](O)CO. The van der Waals surface area contributed by atoms with E-state index in [0.29, 0.717) is 0 Å². The molecule has 5 N–H and O–H groups in total. The molecule has 0 aliphatic heterocycles. The lowest BCUT2D eigenvalue weighted by Crippen LogP contribution is -2.50. The first-order valence-electron chi connectivity index (χ1n) is 4.55. The van der Waals surface area contributed by atoms with Crippen LogP contribution in [-0.2, 0) is 14.7 Å². The first kappa shape index (κ1) is 15.6. The molecule has 0 aliphatic rings. The molecule has 0 heterocycles. The molecule has 0 unspecified atom stereocenters. The summed E-state index contributed by atoms with van der Waals surface area (Å²) in [6.45, 7) is -0.838. The molecule has 0 rings (SSSR count). The van der Waals surface area contributed by atoms with E-state index in [1.54, 1.807) is 0 Å². The van der Waals surface area contributed by atoms with Crippen molar-refractivity contribution in [1.82, 2.24) is 0 Å². The minimum absolute atomic E-state index is 0.838. The quantitative estimate of drug-likeness (QED) is 0.279. The summed E-state index contributed by atoms with van der Waals surface area (Å²) in [7, 11) is -3.25. The predicted octanol–water partition coefficient (Wildman–Crippen LogP) is -3.77. The molecule has 8 heteroatoms. The average Bonchev–Trinajstić information content (AvgIpc) is 2.22. The summed E-state index contributed by atoms with van der Waals surface area (Å²) in [5, 5.41) is 44.2. The van der Waals surface area contributed by atoms with Gasteiger partial charge in [0.05, 0.1) is 6.61 Å². The van der Waals surface area contributed by atoms with Crippen molar-refractivity contribution < 1.29 is 34.5 Å². The highest BCUT2D eigenvalue weighted by atomic mass is 32.2. The zero-order valence-electron chi connectivity index (χ0n) is 9.02. The molecule has 0 aromatic rings. The van der Waals surface area contributed by atoms with Crippen molar-refractivity contribution in [3.63, 3.8) is 0 Å². The molecule has 0 aromatic heterocycles. The van der Waals surface area contributed by atoms with Gasteiger partial charge in [0.1, 0.15) is 18.3 Å². The lowest BCUT2D eigenvalue weighted by Gasteiger charge is -2.26. The van der Waals surface area contributed by atoms with E-state index in [2.05, 4.69) is 0 Å². The minimum Gasteiger partial charge on any atom is -0.394 e. The molecule has 98 valence electrons. The highest BCUT2D eigenvalue weighted by molar-refractivity contribution is 8.15. The monoisotopic (exact) mass is 258 g/mol. The molecule has 0 amide bonds. The number of carbonyl (C=O) groups excluding carboxylic acids is 1. The maximum Gasteiger partial charge on any atom is 0.226 e. The van der Waals surface area contributed by atoms with Gasteiger partial charge >= 0.3 is 0 Å². The molecular weight excluding hydrogens is 240 g/mol. The topological polar surface area (TPSA) is 135 Å². The van der Waals surface area contributed by atoms with Gasteiger partial charge in [-0.15, -0.1) is 0 Å². The summed E-state index contributed by atoms with van der Waals surface area (Å²) in [5.41, 5.74) is 0. The first-order chi connectivity index (χ1) is 7.12. The van der Waals surface area contributed by atoms with Gasteiger partial charge in [-0.2, -0.15) is 0 Å². The van der Waals surface area contributed by atoms with Gasteiger partial charge in [0.2, 0.25) is 5.12 Å². The minimum atomic E-state index is -3.25. The van der Waals surface area contributed by atoms with Crippen LogP contribution in [0.3, 0.4) is 0 Å². The van der Waals surface area contributed by atoms with Gasteiger partial charge in [-0.05, 0) is 12.5 Å². The van der Waals surface area contributed by atoms with E-state index in [9.17, 15) is 24.3 Å². The second-order valence-corrected chi connectivity index (χ2v) is 7.01. The lowest BCUT2D eigenvalue weighted by molar-refractivity contribution is -0.139. The second kappa shape index (κ2) is 5.80. The molecule has 0 radical (unpaired) electrons. The predicted molar refractivity (Wildman–Crippen MR) is 57.5 cm³/mol. The Kier molecular flexibility index (Phi) is 5.66. The Hall–Kier alpha value is -0.380. The summed E-state index contributed by atoms with van der Waals surface area (Å²) in [6, 6.07) is 0. The molecule has 0 spiro atoms. The number of aliphatic hydroxyl groups excluding tert-OH is 5. The van der Waals surface area contributed by atoms with E-state index in [0.717, 1.165) is 12.5 Å². The van der Waals surface area contributed by atoms with E-state index < -0.39 is 46.1 Å². The molecule has 0 saturated carbocycles. The van der Waals surface area contributed by atoms with E-state index in [-0.39, 0.29) is 0 Å². The fourth-order valence-electron chi connectivity index (χ4n) is 0.987. The normalized spacial score (nSPS) is 20.9. The second-order valence-electron chi connectivity index (χ2n) is 3.87. The maximum absolute atomic E-state index is 11.3. The van der Waals surface area contributed by atoms with Crippen molar-refractivity contribution in [2.75, 3.05) is 19.1 Å². The van der Waals surface area contributed by atoms with Crippen molar-refractivity contribution in [2.24, 2.45) is 0 Å². The highest BCUT2D eigenvalue weighted by Gasteiger charge is 2.36. The van der Waals surface area contributed by atoms with Crippen LogP contribution in [0.2, 0.25) is 0 Å². The Morgan fingerprint density at radius 1 is 1.12 bits per heavy atom. The van der Waals surface area contributed by atoms with Crippen molar-refractivity contribution in [3.8, 4) is 0 Å². The van der Waals surface area contributed by atoms with E-state index in [1.165, 1.54) is 0 Å². The third kappa shape index (κ3) is 3.89. The van der Waals surface area contributed by atoms with Crippen molar-refractivity contribution >= 4 is 15.0 Å². The number of thiol groups is 1. The number of hydrogen-bond donors (Lipinski definition) is 6. The number of carbonyl (C=O) groups is 1. The summed E-state index contributed by atoms with van der Waals surface area (Å²) in [4.78, 5) is 11.3. The Labute approximate surface area is 93.8 Å². The van der Waals surface area contributed by atoms with Gasteiger partial charge in [-0.3, -0.25) is 9.00 Å². The van der Waals surface area contributed by atoms with Gasteiger partial charge in [0.15, 0.2) is 6.10 Å². The Bertz CT molecular complexity index is 286. The van der Waals surface area contributed by atoms with Crippen LogP contribution in [0.4, 0.5) is 0 Å². The van der Waals surface area contributed by atoms with E-state index in [1.807, 2.05) is 0 Å². The van der Waals surface area contributed by atoms with Crippen molar-refractivity contribution in [2.45, 2.75) is 24.4 Å². The number of hydrogen-bond acceptors (Lipinski definition) is 7. The van der Waals surface area contributed by atoms with Crippen LogP contribution >= 0.6 is 0 Å². The molecule has 0 aromatic carbocycles. The summed E-state index contributed by atoms with van der Waals surface area (Å²) in [6.07, 6.45) is -5.42. The lowest BCUT2D eigenvalue weighted by atomic mass is 10.0. The van der Waals surface area contributed by atoms with Crippen LogP contribution in [0, 0.1) is 0 Å². The maximum atomic E-state index is 11.3.